The average Bonchev–Trinajstić information content (AvgIpc) is 2.60. The first-order valence-electron chi connectivity index (χ1n) is 8.29. The van der Waals surface area contributed by atoms with Gasteiger partial charge in [-0.15, -0.1) is 0 Å². The Bertz CT molecular complexity index is 587. The Morgan fingerprint density at radius 3 is 2.58 bits per heavy atom. The number of hydrogen-bond acceptors (Lipinski definition) is 5. The van der Waals surface area contributed by atoms with E-state index in [9.17, 15) is 9.90 Å². The van der Waals surface area contributed by atoms with E-state index >= 15 is 0 Å². The van der Waals surface area contributed by atoms with Gasteiger partial charge >= 0.3 is 5.97 Å². The molecule has 6 heteroatoms. The van der Waals surface area contributed by atoms with E-state index in [-0.39, 0.29) is 23.4 Å². The monoisotopic (exact) mass is 336 g/mol. The summed E-state index contributed by atoms with van der Waals surface area (Å²) in [5.74, 6) is -0.118. The lowest BCUT2D eigenvalue weighted by Gasteiger charge is -2.53. The molecule has 0 aromatic heterocycles. The third kappa shape index (κ3) is 3.35. The number of carbonyl (C=O) groups is 1. The van der Waals surface area contributed by atoms with Crippen LogP contribution in [0, 0.1) is 5.41 Å². The standard InChI is InChI=1S/C18H24O6/c1-22-15-9-13(8-14(19)10-15)18-4-2-17(3-5-18,12-24-18)6-7-23-11-16(20)21/h8-10,19H,2-7,11-12H2,1H3,(H,20,21). The average molecular weight is 336 g/mol. The van der Waals surface area contributed by atoms with Crippen LogP contribution in [0.4, 0.5) is 0 Å². The largest absolute Gasteiger partial charge is 0.508 e. The number of ether oxygens (including phenoxy) is 3. The summed E-state index contributed by atoms with van der Waals surface area (Å²) in [5, 5.41) is 18.5. The van der Waals surface area contributed by atoms with E-state index in [1.165, 1.54) is 0 Å². The highest BCUT2D eigenvalue weighted by Crippen LogP contribution is 2.55. The molecular formula is C18H24O6. The summed E-state index contributed by atoms with van der Waals surface area (Å²) in [7, 11) is 1.58. The molecule has 1 aliphatic carbocycles. The molecule has 0 radical (unpaired) electrons. The summed E-state index contributed by atoms with van der Waals surface area (Å²) >= 11 is 0. The molecule has 2 saturated heterocycles. The molecule has 1 aromatic rings. The van der Waals surface area contributed by atoms with Crippen molar-refractivity contribution in [2.24, 2.45) is 5.41 Å². The molecule has 132 valence electrons. The zero-order valence-electron chi connectivity index (χ0n) is 13.9. The first-order chi connectivity index (χ1) is 11.5. The Morgan fingerprint density at radius 2 is 2.00 bits per heavy atom. The second-order valence-corrected chi connectivity index (χ2v) is 6.90. The summed E-state index contributed by atoms with van der Waals surface area (Å²) < 4.78 is 16.7. The fraction of sp³-hybridized carbons (Fsp3) is 0.611. The number of methoxy groups -OCH3 is 1. The van der Waals surface area contributed by atoms with Crippen LogP contribution >= 0.6 is 0 Å². The maximum absolute atomic E-state index is 10.5. The molecule has 0 unspecified atom stereocenters. The lowest BCUT2D eigenvalue weighted by Crippen LogP contribution is -2.49. The number of aliphatic carboxylic acids is 1. The van der Waals surface area contributed by atoms with Crippen molar-refractivity contribution in [1.82, 2.24) is 0 Å². The Hall–Kier alpha value is -1.79. The zero-order valence-corrected chi connectivity index (χ0v) is 13.9. The van der Waals surface area contributed by atoms with Crippen LogP contribution in [0.5, 0.6) is 11.5 Å². The van der Waals surface area contributed by atoms with Gasteiger partial charge in [0, 0.05) is 12.7 Å². The Kier molecular flexibility index (Phi) is 4.69. The van der Waals surface area contributed by atoms with Crippen LogP contribution in [-0.4, -0.2) is 43.1 Å². The van der Waals surface area contributed by atoms with Crippen molar-refractivity contribution in [3.8, 4) is 11.5 Å². The highest BCUT2D eigenvalue weighted by molar-refractivity contribution is 5.67. The molecule has 2 N–H and O–H groups in total. The highest BCUT2D eigenvalue weighted by Gasteiger charge is 2.50. The number of phenolic OH excluding ortho intramolecular Hbond substituents is 1. The van der Waals surface area contributed by atoms with E-state index in [2.05, 4.69) is 0 Å². The lowest BCUT2D eigenvalue weighted by molar-refractivity contribution is -0.194. The van der Waals surface area contributed by atoms with Crippen LogP contribution in [0.25, 0.3) is 0 Å². The molecule has 3 aliphatic rings. The number of carboxylic acids is 1. The van der Waals surface area contributed by atoms with Crippen molar-refractivity contribution in [3.63, 3.8) is 0 Å². The number of carboxylic acid groups (broad SMARTS) is 1. The van der Waals surface area contributed by atoms with E-state index in [1.54, 1.807) is 19.2 Å². The molecule has 0 amide bonds. The summed E-state index contributed by atoms with van der Waals surface area (Å²) in [4.78, 5) is 10.5. The Morgan fingerprint density at radius 1 is 1.25 bits per heavy atom. The van der Waals surface area contributed by atoms with Crippen molar-refractivity contribution in [2.75, 3.05) is 26.9 Å². The van der Waals surface area contributed by atoms with Crippen LogP contribution in [0.1, 0.15) is 37.7 Å². The van der Waals surface area contributed by atoms with Crippen molar-refractivity contribution in [3.05, 3.63) is 23.8 Å². The van der Waals surface area contributed by atoms with E-state index in [0.29, 0.717) is 19.0 Å². The fourth-order valence-corrected chi connectivity index (χ4v) is 3.87. The van der Waals surface area contributed by atoms with Gasteiger partial charge in [-0.05, 0) is 55.2 Å². The van der Waals surface area contributed by atoms with E-state index in [0.717, 1.165) is 37.7 Å². The van der Waals surface area contributed by atoms with E-state index < -0.39 is 5.97 Å². The van der Waals surface area contributed by atoms with Crippen LogP contribution in [0.2, 0.25) is 0 Å². The molecular weight excluding hydrogens is 312 g/mol. The molecule has 24 heavy (non-hydrogen) atoms. The summed E-state index contributed by atoms with van der Waals surface area (Å²) in [5.41, 5.74) is 0.700. The first kappa shape index (κ1) is 17.0. The minimum Gasteiger partial charge on any atom is -0.508 e. The third-order valence-electron chi connectivity index (χ3n) is 5.43. The van der Waals surface area contributed by atoms with Gasteiger partial charge in [0.05, 0.1) is 19.3 Å². The topological polar surface area (TPSA) is 85.2 Å². The lowest BCUT2D eigenvalue weighted by atomic mass is 9.63. The smallest absolute Gasteiger partial charge is 0.329 e. The summed E-state index contributed by atoms with van der Waals surface area (Å²) in [6, 6.07) is 5.29. The fourth-order valence-electron chi connectivity index (χ4n) is 3.87. The van der Waals surface area contributed by atoms with E-state index in [4.69, 9.17) is 19.3 Å². The molecule has 4 rings (SSSR count). The molecule has 1 saturated carbocycles. The SMILES string of the molecule is COc1cc(O)cc(C23CCC(CCOCC(=O)O)(CC2)CO3)c1. The number of aromatic hydroxyl groups is 1. The molecule has 1 aromatic carbocycles. The van der Waals surface area contributed by atoms with Gasteiger partial charge < -0.3 is 24.4 Å². The maximum Gasteiger partial charge on any atom is 0.329 e. The van der Waals surface area contributed by atoms with Gasteiger partial charge in [0.1, 0.15) is 18.1 Å². The van der Waals surface area contributed by atoms with Gasteiger partial charge in [-0.2, -0.15) is 0 Å². The third-order valence-corrected chi connectivity index (χ3v) is 5.43. The molecule has 6 nitrogen and oxygen atoms in total. The highest BCUT2D eigenvalue weighted by atomic mass is 16.5. The summed E-state index contributed by atoms with van der Waals surface area (Å²) in [6.07, 6.45) is 4.62. The van der Waals surface area contributed by atoms with Crippen LogP contribution < -0.4 is 4.74 Å². The van der Waals surface area contributed by atoms with Crippen LogP contribution in [0.15, 0.2) is 18.2 Å². The normalized spacial score (nSPS) is 28.7. The quantitative estimate of drug-likeness (QED) is 0.745. The zero-order chi connectivity index (χ0) is 17.2. The van der Waals surface area contributed by atoms with Crippen molar-refractivity contribution < 1.29 is 29.2 Å². The van der Waals surface area contributed by atoms with Gasteiger partial charge in [-0.1, -0.05) is 0 Å². The first-order valence-corrected chi connectivity index (χ1v) is 8.29. The Labute approximate surface area is 141 Å². The Balaban J connectivity index is 1.65. The predicted octanol–water partition coefficient (Wildman–Crippen LogP) is 2.68. The molecule has 2 bridgehead atoms. The maximum atomic E-state index is 10.5. The molecule has 0 spiro atoms. The van der Waals surface area contributed by atoms with Gasteiger partial charge in [0.25, 0.3) is 0 Å². The number of rotatable bonds is 7. The van der Waals surface area contributed by atoms with Gasteiger partial charge in [-0.25, -0.2) is 4.79 Å². The predicted molar refractivity (Wildman–Crippen MR) is 86.3 cm³/mol. The van der Waals surface area contributed by atoms with Crippen LogP contribution in [0.3, 0.4) is 0 Å². The second-order valence-electron chi connectivity index (χ2n) is 6.90. The van der Waals surface area contributed by atoms with Gasteiger partial charge in [0.2, 0.25) is 0 Å². The summed E-state index contributed by atoms with van der Waals surface area (Å²) in [6.45, 7) is 0.841. The molecule has 3 fully saturated rings. The number of phenols is 1. The number of fused-ring (bicyclic) bond motifs is 3. The number of benzene rings is 1. The molecule has 2 aliphatic heterocycles. The van der Waals surface area contributed by atoms with E-state index in [1.807, 2.05) is 6.07 Å². The minimum atomic E-state index is -0.937. The minimum absolute atomic E-state index is 0.0845. The van der Waals surface area contributed by atoms with Crippen molar-refractivity contribution in [1.29, 1.82) is 0 Å². The molecule has 2 heterocycles. The van der Waals surface area contributed by atoms with Crippen molar-refractivity contribution >= 4 is 5.97 Å². The number of hydrogen-bond donors (Lipinski definition) is 2. The molecule has 0 atom stereocenters. The van der Waals surface area contributed by atoms with Crippen molar-refractivity contribution in [2.45, 2.75) is 37.7 Å². The van der Waals surface area contributed by atoms with Gasteiger partial charge in [-0.3, -0.25) is 0 Å². The second kappa shape index (κ2) is 6.61. The van der Waals surface area contributed by atoms with Crippen LogP contribution in [-0.2, 0) is 19.9 Å². The van der Waals surface area contributed by atoms with Gasteiger partial charge in [0.15, 0.2) is 0 Å².